The highest BCUT2D eigenvalue weighted by atomic mass is 32.2. The average molecular weight is 392 g/mol. The smallest absolute Gasteiger partial charge is 0.254 e. The molecule has 0 fully saturated rings. The van der Waals surface area contributed by atoms with Gasteiger partial charge in [-0.1, -0.05) is 12.1 Å². The average Bonchev–Trinajstić information content (AvgIpc) is 2.61. The van der Waals surface area contributed by atoms with Crippen LogP contribution in [0.2, 0.25) is 0 Å². The van der Waals surface area contributed by atoms with Crippen LogP contribution >= 0.6 is 0 Å². The minimum atomic E-state index is -3.68. The number of nitrogens with two attached hydrogens (primary N) is 1. The van der Waals surface area contributed by atoms with Crippen molar-refractivity contribution in [3.8, 4) is 0 Å². The zero-order valence-corrected chi connectivity index (χ0v) is 16.2. The second-order valence-electron chi connectivity index (χ2n) is 6.22. The van der Waals surface area contributed by atoms with E-state index in [9.17, 15) is 13.2 Å². The molecule has 1 aromatic heterocycles. The van der Waals surface area contributed by atoms with Gasteiger partial charge in [-0.05, 0) is 38.2 Å². The van der Waals surface area contributed by atoms with Crippen LogP contribution in [0.4, 0.5) is 5.95 Å². The third-order valence-corrected chi connectivity index (χ3v) is 4.64. The van der Waals surface area contributed by atoms with Crippen LogP contribution in [0.1, 0.15) is 15.9 Å². The summed E-state index contributed by atoms with van der Waals surface area (Å²) in [5.74, 6) is 0.208. The van der Waals surface area contributed by atoms with Crippen LogP contribution < -0.4 is 15.8 Å². The minimum absolute atomic E-state index is 0.0852. The Morgan fingerprint density at radius 2 is 1.74 bits per heavy atom. The molecular weight excluding hydrogens is 368 g/mol. The summed E-state index contributed by atoms with van der Waals surface area (Å²) in [5.41, 5.74) is 1.35. The predicted octanol–water partition coefficient (Wildman–Crippen LogP) is 0.0700. The fraction of sp³-hybridized carbons (Fsp3) is 0.353. The Kier molecular flexibility index (Phi) is 7.22. The topological polar surface area (TPSA) is 130 Å². The van der Waals surface area contributed by atoms with Gasteiger partial charge in [0.05, 0.1) is 10.5 Å². The maximum absolute atomic E-state index is 12.0. The number of primary sulfonamides is 1. The molecule has 0 aliphatic heterocycles. The van der Waals surface area contributed by atoms with Gasteiger partial charge < -0.3 is 15.5 Å². The van der Waals surface area contributed by atoms with Crippen LogP contribution in [0.25, 0.3) is 0 Å². The first kappa shape index (κ1) is 20.7. The third kappa shape index (κ3) is 6.93. The molecule has 1 heterocycles. The van der Waals surface area contributed by atoms with Crippen molar-refractivity contribution < 1.29 is 13.2 Å². The van der Waals surface area contributed by atoms with Crippen LogP contribution in [0.3, 0.4) is 0 Å². The van der Waals surface area contributed by atoms with E-state index in [0.29, 0.717) is 31.0 Å². The fourth-order valence-corrected chi connectivity index (χ4v) is 2.71. The summed E-state index contributed by atoms with van der Waals surface area (Å²) in [6, 6.07) is 6.38. The molecule has 0 aliphatic carbocycles. The van der Waals surface area contributed by atoms with Gasteiger partial charge in [0.15, 0.2) is 0 Å². The zero-order valence-electron chi connectivity index (χ0n) is 15.3. The first-order chi connectivity index (χ1) is 12.8. The van der Waals surface area contributed by atoms with Gasteiger partial charge in [0.25, 0.3) is 5.91 Å². The van der Waals surface area contributed by atoms with E-state index in [2.05, 4.69) is 20.6 Å². The summed E-state index contributed by atoms with van der Waals surface area (Å²) in [6.07, 6.45) is 3.60. The van der Waals surface area contributed by atoms with Gasteiger partial charge >= 0.3 is 0 Å². The Morgan fingerprint density at radius 3 is 2.30 bits per heavy atom. The maximum atomic E-state index is 12.0. The Morgan fingerprint density at radius 1 is 1.11 bits per heavy atom. The summed E-state index contributed by atoms with van der Waals surface area (Å²) < 4.78 is 22.4. The predicted molar refractivity (Wildman–Crippen MR) is 103 cm³/mol. The third-order valence-electron chi connectivity index (χ3n) is 3.71. The quantitative estimate of drug-likeness (QED) is 0.550. The van der Waals surface area contributed by atoms with Gasteiger partial charge in [0.2, 0.25) is 16.0 Å². The molecule has 9 nitrogen and oxygen atoms in total. The van der Waals surface area contributed by atoms with E-state index in [1.54, 1.807) is 12.1 Å². The summed E-state index contributed by atoms with van der Waals surface area (Å²) in [7, 11) is 0.194. The molecule has 0 bridgehead atoms. The van der Waals surface area contributed by atoms with Gasteiger partial charge in [-0.25, -0.2) is 23.5 Å². The first-order valence-electron chi connectivity index (χ1n) is 8.36. The number of sulfonamides is 1. The van der Waals surface area contributed by atoms with Crippen LogP contribution in [-0.2, 0) is 16.4 Å². The maximum Gasteiger partial charge on any atom is 0.254 e. The SMILES string of the molecule is CN(C)CCNC(=O)c1cnc(NCCc2ccc(S(N)(=O)=O)cc2)nc1. The van der Waals surface area contributed by atoms with Crippen molar-refractivity contribution in [2.45, 2.75) is 11.3 Å². The number of anilines is 1. The molecule has 2 rings (SSSR count). The molecule has 146 valence electrons. The van der Waals surface area contributed by atoms with Crippen molar-refractivity contribution >= 4 is 21.9 Å². The monoisotopic (exact) mass is 392 g/mol. The summed E-state index contributed by atoms with van der Waals surface area (Å²) >= 11 is 0. The van der Waals surface area contributed by atoms with Crippen molar-refractivity contribution in [3.63, 3.8) is 0 Å². The van der Waals surface area contributed by atoms with Gasteiger partial charge in [-0.2, -0.15) is 0 Å². The van der Waals surface area contributed by atoms with E-state index in [-0.39, 0.29) is 10.8 Å². The van der Waals surface area contributed by atoms with E-state index in [1.165, 1.54) is 24.5 Å². The lowest BCUT2D eigenvalue weighted by Crippen LogP contribution is -2.31. The second-order valence-corrected chi connectivity index (χ2v) is 7.78. The van der Waals surface area contributed by atoms with Crippen LogP contribution in [0, 0.1) is 0 Å². The second kappa shape index (κ2) is 9.40. The molecule has 27 heavy (non-hydrogen) atoms. The Balaban J connectivity index is 1.80. The standard InChI is InChI=1S/C17H24N6O3S/c1-23(2)10-9-19-16(24)14-11-21-17(22-12-14)20-8-7-13-3-5-15(6-4-13)27(18,25)26/h3-6,11-12H,7-10H2,1-2H3,(H,19,24)(H2,18,25,26)(H,20,21,22). The van der Waals surface area contributed by atoms with E-state index in [1.807, 2.05) is 19.0 Å². The highest BCUT2D eigenvalue weighted by molar-refractivity contribution is 7.89. The number of carbonyl (C=O) groups excluding carboxylic acids is 1. The molecule has 1 aromatic carbocycles. The number of likely N-dealkylation sites (N-methyl/N-ethyl adjacent to an activating group) is 1. The number of nitrogens with zero attached hydrogens (tertiary/aromatic N) is 3. The Hall–Kier alpha value is -2.56. The number of aromatic nitrogens is 2. The van der Waals surface area contributed by atoms with Crippen molar-refractivity contribution in [3.05, 3.63) is 47.8 Å². The molecule has 0 radical (unpaired) electrons. The fourth-order valence-electron chi connectivity index (χ4n) is 2.20. The van der Waals surface area contributed by atoms with Crippen molar-refractivity contribution in [1.29, 1.82) is 0 Å². The summed E-state index contributed by atoms with van der Waals surface area (Å²) in [6.45, 7) is 1.86. The molecule has 0 saturated heterocycles. The van der Waals surface area contributed by atoms with E-state index >= 15 is 0 Å². The largest absolute Gasteiger partial charge is 0.354 e. The van der Waals surface area contributed by atoms with Gasteiger partial charge in [0.1, 0.15) is 0 Å². The first-order valence-corrected chi connectivity index (χ1v) is 9.91. The number of carbonyl (C=O) groups is 1. The van der Waals surface area contributed by atoms with Crippen LogP contribution in [0.5, 0.6) is 0 Å². The molecular formula is C17H24N6O3S. The van der Waals surface area contributed by atoms with E-state index in [4.69, 9.17) is 5.14 Å². The van der Waals surface area contributed by atoms with Crippen LogP contribution in [-0.4, -0.2) is 62.9 Å². The van der Waals surface area contributed by atoms with Gasteiger partial charge in [0, 0.05) is 32.0 Å². The van der Waals surface area contributed by atoms with E-state index < -0.39 is 10.0 Å². The number of rotatable bonds is 9. The zero-order chi connectivity index (χ0) is 19.9. The number of amides is 1. The lowest BCUT2D eigenvalue weighted by atomic mass is 10.1. The van der Waals surface area contributed by atoms with Crippen molar-refractivity contribution in [2.75, 3.05) is 39.0 Å². The van der Waals surface area contributed by atoms with E-state index in [0.717, 1.165) is 12.1 Å². The molecule has 1 amide bonds. The molecule has 0 spiro atoms. The van der Waals surface area contributed by atoms with Gasteiger partial charge in [-0.15, -0.1) is 0 Å². The van der Waals surface area contributed by atoms with Gasteiger partial charge in [-0.3, -0.25) is 4.79 Å². The molecule has 0 atom stereocenters. The number of hydrogen-bond acceptors (Lipinski definition) is 7. The summed E-state index contributed by atoms with van der Waals surface area (Å²) in [5, 5.41) is 10.9. The molecule has 10 heteroatoms. The number of hydrogen-bond donors (Lipinski definition) is 3. The lowest BCUT2D eigenvalue weighted by molar-refractivity contribution is 0.0950. The van der Waals surface area contributed by atoms with Crippen molar-refractivity contribution in [1.82, 2.24) is 20.2 Å². The number of benzene rings is 1. The molecule has 2 aromatic rings. The molecule has 0 saturated carbocycles. The molecule has 0 unspecified atom stereocenters. The highest BCUT2D eigenvalue weighted by Crippen LogP contribution is 2.09. The number of nitrogens with one attached hydrogen (secondary N) is 2. The van der Waals surface area contributed by atoms with Crippen LogP contribution in [0.15, 0.2) is 41.6 Å². The molecule has 4 N–H and O–H groups in total. The molecule has 0 aliphatic rings. The van der Waals surface area contributed by atoms with Crippen molar-refractivity contribution in [2.24, 2.45) is 5.14 Å². The highest BCUT2D eigenvalue weighted by Gasteiger charge is 2.08. The minimum Gasteiger partial charge on any atom is -0.354 e. The summed E-state index contributed by atoms with van der Waals surface area (Å²) in [4.78, 5) is 22.3. The Labute approximate surface area is 159 Å². The normalized spacial score (nSPS) is 11.4. The Bertz CT molecular complexity index is 851. The lowest BCUT2D eigenvalue weighted by Gasteiger charge is -2.10.